The zero-order valence-corrected chi connectivity index (χ0v) is 10.6. The fourth-order valence-electron chi connectivity index (χ4n) is 1.84. The second kappa shape index (κ2) is 5.45. The fraction of sp³-hybridized carbons (Fsp3) is 0.200. The molecule has 1 heterocycles. The lowest BCUT2D eigenvalue weighted by atomic mass is 10.2. The van der Waals surface area contributed by atoms with Crippen LogP contribution in [0.4, 0.5) is 11.5 Å². The molecule has 0 amide bonds. The number of para-hydroxylation sites is 1. The van der Waals surface area contributed by atoms with Crippen LogP contribution in [0.15, 0.2) is 48.7 Å². The van der Waals surface area contributed by atoms with Gasteiger partial charge in [0, 0.05) is 24.0 Å². The first-order valence-electron chi connectivity index (χ1n) is 6.02. The van der Waals surface area contributed by atoms with Crippen LogP contribution in [0.25, 0.3) is 0 Å². The van der Waals surface area contributed by atoms with Crippen molar-refractivity contribution in [2.75, 3.05) is 11.4 Å². The number of Topliss-reactive ketones (excluding diaryl/α,β-unsaturated/α-hetero) is 1. The Labute approximate surface area is 107 Å². The summed E-state index contributed by atoms with van der Waals surface area (Å²) >= 11 is 0. The minimum Gasteiger partial charge on any atom is -0.327 e. The average Bonchev–Trinajstić information content (AvgIpc) is 2.41. The monoisotopic (exact) mass is 240 g/mol. The standard InChI is InChI=1S/C15H16N2O/c1-3-17(14-7-5-4-6-8-14)15-10-9-13(11-16-15)12(2)18/h4-11H,3H2,1-2H3. The molecule has 92 valence electrons. The number of carbonyl (C=O) groups excluding carboxylic acids is 1. The van der Waals surface area contributed by atoms with E-state index < -0.39 is 0 Å². The lowest BCUT2D eigenvalue weighted by Gasteiger charge is -2.22. The summed E-state index contributed by atoms with van der Waals surface area (Å²) in [7, 11) is 0. The van der Waals surface area contributed by atoms with Gasteiger partial charge in [0.2, 0.25) is 0 Å². The van der Waals surface area contributed by atoms with E-state index in [9.17, 15) is 4.79 Å². The van der Waals surface area contributed by atoms with Crippen LogP contribution in [-0.2, 0) is 0 Å². The number of pyridine rings is 1. The first-order chi connectivity index (χ1) is 8.72. The van der Waals surface area contributed by atoms with E-state index in [0.29, 0.717) is 5.56 Å². The van der Waals surface area contributed by atoms with Gasteiger partial charge in [0.05, 0.1) is 0 Å². The van der Waals surface area contributed by atoms with E-state index in [1.807, 2.05) is 42.5 Å². The summed E-state index contributed by atoms with van der Waals surface area (Å²) in [6.45, 7) is 4.45. The lowest BCUT2D eigenvalue weighted by molar-refractivity contribution is 0.101. The van der Waals surface area contributed by atoms with Crippen molar-refractivity contribution in [2.45, 2.75) is 13.8 Å². The maximum Gasteiger partial charge on any atom is 0.161 e. The Morgan fingerprint density at radius 3 is 2.39 bits per heavy atom. The third-order valence-corrected chi connectivity index (χ3v) is 2.82. The molecule has 3 heteroatoms. The molecule has 2 aromatic rings. The van der Waals surface area contributed by atoms with E-state index in [4.69, 9.17) is 0 Å². The number of carbonyl (C=O) groups is 1. The second-order valence-electron chi connectivity index (χ2n) is 4.04. The third kappa shape index (κ3) is 2.56. The number of ketones is 1. The largest absolute Gasteiger partial charge is 0.327 e. The van der Waals surface area contributed by atoms with Crippen LogP contribution < -0.4 is 4.90 Å². The molecule has 3 nitrogen and oxygen atoms in total. The van der Waals surface area contributed by atoms with Crippen molar-refractivity contribution >= 4 is 17.3 Å². The van der Waals surface area contributed by atoms with Gasteiger partial charge in [-0.1, -0.05) is 18.2 Å². The molecule has 1 aromatic heterocycles. The maximum absolute atomic E-state index is 11.2. The van der Waals surface area contributed by atoms with Crippen molar-refractivity contribution in [3.63, 3.8) is 0 Å². The molecule has 2 rings (SSSR count). The molecular weight excluding hydrogens is 224 g/mol. The van der Waals surface area contributed by atoms with E-state index in [0.717, 1.165) is 18.1 Å². The van der Waals surface area contributed by atoms with Crippen LogP contribution in [0.1, 0.15) is 24.2 Å². The highest BCUT2D eigenvalue weighted by atomic mass is 16.1. The van der Waals surface area contributed by atoms with Gasteiger partial charge >= 0.3 is 0 Å². The van der Waals surface area contributed by atoms with Crippen molar-refractivity contribution in [1.82, 2.24) is 4.98 Å². The number of hydrogen-bond donors (Lipinski definition) is 0. The van der Waals surface area contributed by atoms with E-state index in [1.54, 1.807) is 13.1 Å². The topological polar surface area (TPSA) is 33.2 Å². The van der Waals surface area contributed by atoms with Crippen LogP contribution >= 0.6 is 0 Å². The molecule has 0 aliphatic carbocycles. The number of anilines is 2. The third-order valence-electron chi connectivity index (χ3n) is 2.82. The first kappa shape index (κ1) is 12.3. The lowest BCUT2D eigenvalue weighted by Crippen LogP contribution is -2.17. The zero-order chi connectivity index (χ0) is 13.0. The molecular formula is C15H16N2O. The predicted octanol–water partition coefficient (Wildman–Crippen LogP) is 3.44. The highest BCUT2D eigenvalue weighted by Gasteiger charge is 2.08. The fourth-order valence-corrected chi connectivity index (χ4v) is 1.84. The second-order valence-corrected chi connectivity index (χ2v) is 4.04. The highest BCUT2D eigenvalue weighted by molar-refractivity contribution is 5.93. The van der Waals surface area contributed by atoms with E-state index in [1.165, 1.54) is 0 Å². The molecule has 0 N–H and O–H groups in total. The minimum atomic E-state index is 0.0387. The van der Waals surface area contributed by atoms with Crippen molar-refractivity contribution in [3.8, 4) is 0 Å². The van der Waals surface area contributed by atoms with E-state index >= 15 is 0 Å². The Hall–Kier alpha value is -2.16. The number of aromatic nitrogens is 1. The maximum atomic E-state index is 11.2. The van der Waals surface area contributed by atoms with Gasteiger partial charge in [0.1, 0.15) is 5.82 Å². The first-order valence-corrected chi connectivity index (χ1v) is 6.02. The molecule has 0 atom stereocenters. The summed E-state index contributed by atoms with van der Waals surface area (Å²) in [5, 5.41) is 0. The quantitative estimate of drug-likeness (QED) is 0.767. The summed E-state index contributed by atoms with van der Waals surface area (Å²) in [4.78, 5) is 17.7. The summed E-state index contributed by atoms with van der Waals surface area (Å²) < 4.78 is 0. The van der Waals surface area contributed by atoms with Crippen LogP contribution in [0.5, 0.6) is 0 Å². The van der Waals surface area contributed by atoms with Crippen LogP contribution in [0, 0.1) is 0 Å². The normalized spacial score (nSPS) is 10.1. The van der Waals surface area contributed by atoms with Crippen LogP contribution in [0.2, 0.25) is 0 Å². The molecule has 0 aliphatic rings. The van der Waals surface area contributed by atoms with Gasteiger partial charge in [0.15, 0.2) is 5.78 Å². The molecule has 18 heavy (non-hydrogen) atoms. The highest BCUT2D eigenvalue weighted by Crippen LogP contribution is 2.22. The number of rotatable bonds is 4. The van der Waals surface area contributed by atoms with Gasteiger partial charge in [-0.25, -0.2) is 4.98 Å². The Morgan fingerprint density at radius 2 is 1.89 bits per heavy atom. The Kier molecular flexibility index (Phi) is 3.72. The molecule has 0 unspecified atom stereocenters. The Bertz CT molecular complexity index is 520. The molecule has 0 aliphatic heterocycles. The van der Waals surface area contributed by atoms with Crippen molar-refractivity contribution < 1.29 is 4.79 Å². The van der Waals surface area contributed by atoms with Crippen molar-refractivity contribution in [1.29, 1.82) is 0 Å². The zero-order valence-electron chi connectivity index (χ0n) is 10.6. The van der Waals surface area contributed by atoms with E-state index in [2.05, 4.69) is 16.8 Å². The summed E-state index contributed by atoms with van der Waals surface area (Å²) in [6, 6.07) is 13.8. The Balaban J connectivity index is 2.31. The van der Waals surface area contributed by atoms with Gasteiger partial charge in [-0.05, 0) is 38.1 Å². The summed E-state index contributed by atoms with van der Waals surface area (Å²) in [5.41, 5.74) is 1.74. The number of benzene rings is 1. The van der Waals surface area contributed by atoms with Crippen LogP contribution in [0.3, 0.4) is 0 Å². The average molecular weight is 240 g/mol. The molecule has 0 saturated carbocycles. The molecule has 1 aromatic carbocycles. The molecule has 0 spiro atoms. The van der Waals surface area contributed by atoms with Gasteiger partial charge in [-0.3, -0.25) is 4.79 Å². The van der Waals surface area contributed by atoms with Gasteiger partial charge < -0.3 is 4.90 Å². The minimum absolute atomic E-state index is 0.0387. The van der Waals surface area contributed by atoms with Gasteiger partial charge in [-0.2, -0.15) is 0 Å². The Morgan fingerprint density at radius 1 is 1.17 bits per heavy atom. The molecule has 0 fully saturated rings. The van der Waals surface area contributed by atoms with Crippen LogP contribution in [-0.4, -0.2) is 17.3 Å². The predicted molar refractivity (Wildman–Crippen MR) is 73.4 cm³/mol. The molecule has 0 bridgehead atoms. The summed E-state index contributed by atoms with van der Waals surface area (Å²) in [6.07, 6.45) is 1.63. The number of hydrogen-bond acceptors (Lipinski definition) is 3. The summed E-state index contributed by atoms with van der Waals surface area (Å²) in [5.74, 6) is 0.894. The van der Waals surface area contributed by atoms with Crippen molar-refractivity contribution in [2.24, 2.45) is 0 Å². The smallest absolute Gasteiger partial charge is 0.161 e. The van der Waals surface area contributed by atoms with Gasteiger partial charge in [0.25, 0.3) is 0 Å². The SMILES string of the molecule is CCN(c1ccccc1)c1ccc(C(C)=O)cn1. The van der Waals surface area contributed by atoms with Crippen molar-refractivity contribution in [3.05, 3.63) is 54.2 Å². The van der Waals surface area contributed by atoms with E-state index in [-0.39, 0.29) is 5.78 Å². The molecule has 0 saturated heterocycles. The van der Waals surface area contributed by atoms with Gasteiger partial charge in [-0.15, -0.1) is 0 Å². The molecule has 0 radical (unpaired) electrons. The number of nitrogens with zero attached hydrogens (tertiary/aromatic N) is 2.